The first-order valence-corrected chi connectivity index (χ1v) is 8.79. The Kier molecular flexibility index (Phi) is 5.72. The first kappa shape index (κ1) is 18.1. The molecule has 2 aromatic heterocycles. The Morgan fingerprint density at radius 3 is 2.54 bits per heavy atom. The zero-order valence-corrected chi connectivity index (χ0v) is 15.2. The van der Waals surface area contributed by atoms with Gasteiger partial charge in [0.25, 0.3) is 11.5 Å². The molecule has 0 unspecified atom stereocenters. The summed E-state index contributed by atoms with van der Waals surface area (Å²) in [6.45, 7) is 8.11. The van der Waals surface area contributed by atoms with Crippen LogP contribution in [0.2, 0.25) is 0 Å². The second-order valence-electron chi connectivity index (χ2n) is 6.32. The van der Waals surface area contributed by atoms with Crippen molar-refractivity contribution in [1.29, 1.82) is 0 Å². The van der Waals surface area contributed by atoms with Crippen molar-refractivity contribution in [3.05, 3.63) is 55.6 Å². The van der Waals surface area contributed by atoms with Gasteiger partial charge in [0.05, 0.1) is 0 Å². The van der Waals surface area contributed by atoms with E-state index in [0.717, 1.165) is 5.56 Å². The average Bonchev–Trinajstić information content (AvgIpc) is 2.98. The van der Waals surface area contributed by atoms with Gasteiger partial charge in [-0.05, 0) is 48.2 Å². The van der Waals surface area contributed by atoms with Crippen molar-refractivity contribution in [2.75, 3.05) is 6.54 Å². The minimum atomic E-state index is -0.457. The monoisotopic (exact) mass is 346 g/mol. The zero-order valence-electron chi connectivity index (χ0n) is 14.4. The molecule has 2 heterocycles. The minimum absolute atomic E-state index is 0.0154. The van der Waals surface area contributed by atoms with Crippen LogP contribution in [-0.4, -0.2) is 28.1 Å². The number of hydrogen-bond acceptors (Lipinski definition) is 4. The second kappa shape index (κ2) is 7.57. The molecular weight excluding hydrogens is 324 g/mol. The summed E-state index contributed by atoms with van der Waals surface area (Å²) in [6.07, 6.45) is 0. The summed E-state index contributed by atoms with van der Waals surface area (Å²) < 4.78 is 0. The third kappa shape index (κ3) is 4.20. The number of aromatic amines is 1. The smallest absolute Gasteiger partial charge is 0.261 e. The molecule has 0 aromatic carbocycles. The van der Waals surface area contributed by atoms with Gasteiger partial charge in [-0.2, -0.15) is 11.3 Å². The fourth-order valence-electron chi connectivity index (χ4n) is 2.58. The third-order valence-electron chi connectivity index (χ3n) is 3.67. The number of hydrogen-bond donors (Lipinski definition) is 1. The van der Waals surface area contributed by atoms with Crippen molar-refractivity contribution in [3.63, 3.8) is 0 Å². The Labute approximate surface area is 145 Å². The Morgan fingerprint density at radius 2 is 2.00 bits per heavy atom. The van der Waals surface area contributed by atoms with Crippen LogP contribution >= 0.6 is 11.3 Å². The number of nitrogens with zero attached hydrogens (tertiary/aromatic N) is 1. The summed E-state index contributed by atoms with van der Waals surface area (Å²) in [7, 11) is 0. The van der Waals surface area contributed by atoms with Crippen molar-refractivity contribution in [3.8, 4) is 0 Å². The molecule has 0 saturated carbocycles. The van der Waals surface area contributed by atoms with Crippen molar-refractivity contribution >= 4 is 23.0 Å². The van der Waals surface area contributed by atoms with Crippen LogP contribution in [0.5, 0.6) is 0 Å². The molecule has 0 spiro atoms. The number of nitrogens with one attached hydrogen (secondary N) is 1. The van der Waals surface area contributed by atoms with Crippen molar-refractivity contribution in [1.82, 2.24) is 9.88 Å². The first-order valence-electron chi connectivity index (χ1n) is 7.84. The minimum Gasteiger partial charge on any atom is -0.334 e. The van der Waals surface area contributed by atoms with E-state index in [-0.39, 0.29) is 23.2 Å². The van der Waals surface area contributed by atoms with Crippen LogP contribution in [0.15, 0.2) is 27.7 Å². The molecule has 0 aliphatic heterocycles. The standard InChI is InChI=1S/C18H22N2O3S/c1-11(2)8-20(9-14-5-6-24-10-14)18(23)16-7-15(13(4)21)12(3)19-17(16)22/h5-7,10-11H,8-9H2,1-4H3,(H,19,22). The molecular formula is C18H22N2O3S. The molecule has 2 aromatic rings. The zero-order chi connectivity index (χ0) is 17.9. The number of amides is 1. The van der Waals surface area contributed by atoms with Gasteiger partial charge < -0.3 is 9.88 Å². The van der Waals surface area contributed by atoms with E-state index in [1.807, 2.05) is 30.7 Å². The predicted octanol–water partition coefficient (Wildman–Crippen LogP) is 3.25. The highest BCUT2D eigenvalue weighted by molar-refractivity contribution is 7.07. The van der Waals surface area contributed by atoms with E-state index < -0.39 is 5.56 Å². The number of rotatable bonds is 6. The number of thiophene rings is 1. The highest BCUT2D eigenvalue weighted by Gasteiger charge is 2.22. The Balaban J connectivity index is 2.40. The van der Waals surface area contributed by atoms with E-state index in [1.54, 1.807) is 23.2 Å². The van der Waals surface area contributed by atoms with Crippen LogP contribution in [0, 0.1) is 12.8 Å². The molecule has 0 aliphatic carbocycles. The van der Waals surface area contributed by atoms with E-state index in [9.17, 15) is 14.4 Å². The van der Waals surface area contributed by atoms with Gasteiger partial charge in [-0.1, -0.05) is 13.8 Å². The van der Waals surface area contributed by atoms with Gasteiger partial charge in [0.15, 0.2) is 5.78 Å². The summed E-state index contributed by atoms with van der Waals surface area (Å²) in [5, 5.41) is 3.95. The molecule has 0 bridgehead atoms. The summed E-state index contributed by atoms with van der Waals surface area (Å²) in [5.41, 5.74) is 1.45. The molecule has 24 heavy (non-hydrogen) atoms. The van der Waals surface area contributed by atoms with Crippen LogP contribution < -0.4 is 5.56 Å². The molecule has 1 amide bonds. The quantitative estimate of drug-likeness (QED) is 0.816. The summed E-state index contributed by atoms with van der Waals surface area (Å²) in [6, 6.07) is 3.38. The topological polar surface area (TPSA) is 70.2 Å². The second-order valence-corrected chi connectivity index (χ2v) is 7.10. The third-order valence-corrected chi connectivity index (χ3v) is 4.41. The normalized spacial score (nSPS) is 10.9. The Morgan fingerprint density at radius 1 is 1.29 bits per heavy atom. The lowest BCUT2D eigenvalue weighted by Crippen LogP contribution is -2.37. The maximum Gasteiger partial charge on any atom is 0.261 e. The SMILES string of the molecule is CC(=O)c1cc(C(=O)N(Cc2ccsc2)CC(C)C)c(=O)[nH]c1C. The van der Waals surface area contributed by atoms with Crippen molar-refractivity contribution < 1.29 is 9.59 Å². The van der Waals surface area contributed by atoms with Crippen molar-refractivity contribution in [2.24, 2.45) is 5.92 Å². The van der Waals surface area contributed by atoms with Crippen LogP contribution in [0.1, 0.15) is 52.7 Å². The number of carbonyl (C=O) groups is 2. The molecule has 0 atom stereocenters. The number of carbonyl (C=O) groups excluding carboxylic acids is 2. The van der Waals surface area contributed by atoms with Crippen LogP contribution in [-0.2, 0) is 6.54 Å². The summed E-state index contributed by atoms with van der Waals surface area (Å²) >= 11 is 1.57. The molecule has 0 saturated heterocycles. The van der Waals surface area contributed by atoms with E-state index in [4.69, 9.17) is 0 Å². The van der Waals surface area contributed by atoms with Gasteiger partial charge in [0, 0.05) is 24.3 Å². The van der Waals surface area contributed by atoms with Crippen molar-refractivity contribution in [2.45, 2.75) is 34.2 Å². The van der Waals surface area contributed by atoms with Crippen LogP contribution in [0.3, 0.4) is 0 Å². The van der Waals surface area contributed by atoms with E-state index in [1.165, 1.54) is 13.0 Å². The summed E-state index contributed by atoms with van der Waals surface area (Å²) in [5.74, 6) is -0.255. The molecule has 1 N–H and O–H groups in total. The fourth-order valence-corrected chi connectivity index (χ4v) is 3.24. The van der Waals surface area contributed by atoms with E-state index in [0.29, 0.717) is 24.3 Å². The van der Waals surface area contributed by atoms with Crippen LogP contribution in [0.4, 0.5) is 0 Å². The van der Waals surface area contributed by atoms with E-state index in [2.05, 4.69) is 4.98 Å². The Hall–Kier alpha value is -2.21. The first-order chi connectivity index (χ1) is 11.3. The van der Waals surface area contributed by atoms with Gasteiger partial charge in [0.2, 0.25) is 0 Å². The number of aryl methyl sites for hydroxylation is 1. The van der Waals surface area contributed by atoms with E-state index >= 15 is 0 Å². The number of Topliss-reactive ketones (excluding diaryl/α,β-unsaturated/α-hetero) is 1. The van der Waals surface area contributed by atoms with Gasteiger partial charge >= 0.3 is 0 Å². The average molecular weight is 346 g/mol. The predicted molar refractivity (Wildman–Crippen MR) is 95.7 cm³/mol. The largest absolute Gasteiger partial charge is 0.334 e. The number of ketones is 1. The molecule has 6 heteroatoms. The maximum absolute atomic E-state index is 12.9. The lowest BCUT2D eigenvalue weighted by Gasteiger charge is -2.24. The van der Waals surface area contributed by atoms with Gasteiger partial charge in [0.1, 0.15) is 5.56 Å². The highest BCUT2D eigenvalue weighted by Crippen LogP contribution is 2.15. The lowest BCUT2D eigenvalue weighted by molar-refractivity contribution is 0.0721. The lowest BCUT2D eigenvalue weighted by atomic mass is 10.1. The molecule has 0 fully saturated rings. The molecule has 128 valence electrons. The molecule has 2 rings (SSSR count). The summed E-state index contributed by atoms with van der Waals surface area (Å²) in [4.78, 5) is 41.1. The number of pyridine rings is 1. The number of H-pyrrole nitrogens is 1. The van der Waals surface area contributed by atoms with Gasteiger partial charge in [-0.15, -0.1) is 0 Å². The van der Waals surface area contributed by atoms with Crippen LogP contribution in [0.25, 0.3) is 0 Å². The maximum atomic E-state index is 12.9. The number of aromatic nitrogens is 1. The molecule has 0 radical (unpaired) electrons. The Bertz CT molecular complexity index is 791. The fraction of sp³-hybridized carbons (Fsp3) is 0.389. The highest BCUT2D eigenvalue weighted by atomic mass is 32.1. The van der Waals surface area contributed by atoms with Gasteiger partial charge in [-0.3, -0.25) is 14.4 Å². The molecule has 0 aliphatic rings. The molecule has 5 nitrogen and oxygen atoms in total. The van der Waals surface area contributed by atoms with Gasteiger partial charge in [-0.25, -0.2) is 0 Å².